The Kier molecular flexibility index (Phi) is 9.33. The molecule has 6 nitrogen and oxygen atoms in total. The summed E-state index contributed by atoms with van der Waals surface area (Å²) in [6.07, 6.45) is 1.85. The lowest BCUT2D eigenvalue weighted by Crippen LogP contribution is -2.40. The molecule has 0 aromatic rings. The number of rotatable bonds is 9. The quantitative estimate of drug-likeness (QED) is 0.277. The van der Waals surface area contributed by atoms with Gasteiger partial charge < -0.3 is 14.2 Å². The van der Waals surface area contributed by atoms with Gasteiger partial charge in [-0.2, -0.15) is 0 Å². The number of allylic oxidation sites excluding steroid dienone is 1. The lowest BCUT2D eigenvalue weighted by molar-refractivity contribution is -0.169. The van der Waals surface area contributed by atoms with E-state index < -0.39 is 41.3 Å². The van der Waals surface area contributed by atoms with Crippen molar-refractivity contribution in [3.8, 4) is 0 Å². The zero-order valence-electron chi connectivity index (χ0n) is 15.6. The van der Waals surface area contributed by atoms with E-state index in [1.807, 2.05) is 0 Å². The van der Waals surface area contributed by atoms with Crippen LogP contribution in [0.4, 0.5) is 0 Å². The predicted octanol–water partition coefficient (Wildman–Crippen LogP) is 2.90. The van der Waals surface area contributed by atoms with Gasteiger partial charge in [0, 0.05) is 0 Å². The monoisotopic (exact) mass is 342 g/mol. The van der Waals surface area contributed by atoms with Crippen molar-refractivity contribution in [2.24, 2.45) is 17.8 Å². The summed E-state index contributed by atoms with van der Waals surface area (Å²) in [5, 5.41) is 0. The first kappa shape index (κ1) is 22.1. The molecule has 0 saturated carbocycles. The number of hydrogen-bond acceptors (Lipinski definition) is 6. The smallest absolute Gasteiger partial charge is 0.320 e. The second-order valence-corrected chi connectivity index (χ2v) is 6.51. The molecule has 24 heavy (non-hydrogen) atoms. The molecular formula is C18H30O6. The third-order valence-corrected chi connectivity index (χ3v) is 3.37. The van der Waals surface area contributed by atoms with Gasteiger partial charge in [-0.15, -0.1) is 6.58 Å². The van der Waals surface area contributed by atoms with Gasteiger partial charge in [-0.3, -0.25) is 14.4 Å². The maximum Gasteiger partial charge on any atom is 0.320 e. The lowest BCUT2D eigenvalue weighted by atomic mass is 9.80. The fourth-order valence-electron chi connectivity index (χ4n) is 2.30. The van der Waals surface area contributed by atoms with Crippen molar-refractivity contribution in [3.05, 3.63) is 12.7 Å². The maximum absolute atomic E-state index is 12.5. The summed E-state index contributed by atoms with van der Waals surface area (Å²) < 4.78 is 15.4. The van der Waals surface area contributed by atoms with E-state index in [0.717, 1.165) is 0 Å². The fourth-order valence-corrected chi connectivity index (χ4v) is 2.30. The van der Waals surface area contributed by atoms with Gasteiger partial charge in [0.15, 0.2) is 5.92 Å². The minimum absolute atomic E-state index is 0.139. The van der Waals surface area contributed by atoms with Crippen molar-refractivity contribution in [1.29, 1.82) is 0 Å². The van der Waals surface area contributed by atoms with E-state index in [4.69, 9.17) is 14.2 Å². The Bertz CT molecular complexity index is 431. The van der Waals surface area contributed by atoms with Gasteiger partial charge in [0.25, 0.3) is 0 Å². The number of hydrogen-bond donors (Lipinski definition) is 0. The Labute approximate surface area is 144 Å². The predicted molar refractivity (Wildman–Crippen MR) is 90.1 cm³/mol. The highest BCUT2D eigenvalue weighted by molar-refractivity contribution is 5.96. The Morgan fingerprint density at radius 3 is 1.79 bits per heavy atom. The van der Waals surface area contributed by atoms with Crippen molar-refractivity contribution in [2.45, 2.75) is 53.6 Å². The average Bonchev–Trinajstić information content (AvgIpc) is 2.43. The van der Waals surface area contributed by atoms with Crippen LogP contribution in [-0.2, 0) is 28.6 Å². The van der Waals surface area contributed by atoms with Gasteiger partial charge in [-0.25, -0.2) is 0 Å². The van der Waals surface area contributed by atoms with Crippen LogP contribution < -0.4 is 0 Å². The van der Waals surface area contributed by atoms with Crippen LogP contribution in [0.15, 0.2) is 12.7 Å². The molecule has 0 heterocycles. The Hall–Kier alpha value is -1.85. The van der Waals surface area contributed by atoms with Crippen molar-refractivity contribution in [3.63, 3.8) is 0 Å². The zero-order valence-corrected chi connectivity index (χ0v) is 15.6. The van der Waals surface area contributed by atoms with Crippen LogP contribution in [0.1, 0.15) is 48.0 Å². The Morgan fingerprint density at radius 2 is 1.46 bits per heavy atom. The number of esters is 3. The number of carbonyl (C=O) groups is 3. The van der Waals surface area contributed by atoms with Crippen molar-refractivity contribution in [2.75, 3.05) is 13.2 Å². The highest BCUT2D eigenvalue weighted by Gasteiger charge is 2.42. The SMILES string of the molecule is C=CC[C@H](C(=O)OC(C)(C)C)[C@@H](C)C(C(=O)OCC)C(=O)OCC. The van der Waals surface area contributed by atoms with E-state index >= 15 is 0 Å². The average molecular weight is 342 g/mol. The molecular weight excluding hydrogens is 312 g/mol. The maximum atomic E-state index is 12.5. The van der Waals surface area contributed by atoms with Crippen LogP contribution in [0.2, 0.25) is 0 Å². The first-order chi connectivity index (χ1) is 11.1. The first-order valence-corrected chi connectivity index (χ1v) is 8.26. The van der Waals surface area contributed by atoms with Gasteiger partial charge in [-0.05, 0) is 47.0 Å². The molecule has 6 heteroatoms. The largest absolute Gasteiger partial charge is 0.465 e. The van der Waals surface area contributed by atoms with Crippen LogP contribution in [0.3, 0.4) is 0 Å². The Morgan fingerprint density at radius 1 is 1.00 bits per heavy atom. The highest BCUT2D eigenvalue weighted by atomic mass is 16.6. The van der Waals surface area contributed by atoms with Crippen LogP contribution >= 0.6 is 0 Å². The van der Waals surface area contributed by atoms with Gasteiger partial charge in [-0.1, -0.05) is 13.0 Å². The van der Waals surface area contributed by atoms with Crippen molar-refractivity contribution < 1.29 is 28.6 Å². The van der Waals surface area contributed by atoms with E-state index in [1.54, 1.807) is 47.6 Å². The summed E-state index contributed by atoms with van der Waals surface area (Å²) >= 11 is 0. The summed E-state index contributed by atoms with van der Waals surface area (Å²) in [6, 6.07) is 0. The summed E-state index contributed by atoms with van der Waals surface area (Å²) in [5.41, 5.74) is -0.667. The van der Waals surface area contributed by atoms with Crippen LogP contribution in [0.5, 0.6) is 0 Å². The molecule has 0 aromatic heterocycles. The molecule has 0 aromatic carbocycles. The number of carbonyl (C=O) groups excluding carboxylic acids is 3. The van der Waals surface area contributed by atoms with Gasteiger partial charge in [0.05, 0.1) is 19.1 Å². The van der Waals surface area contributed by atoms with Gasteiger partial charge >= 0.3 is 17.9 Å². The fraction of sp³-hybridized carbons (Fsp3) is 0.722. The summed E-state index contributed by atoms with van der Waals surface area (Å²) in [5.74, 6) is -4.38. The van der Waals surface area contributed by atoms with E-state index in [0.29, 0.717) is 0 Å². The molecule has 2 atom stereocenters. The summed E-state index contributed by atoms with van der Waals surface area (Å²) in [7, 11) is 0. The summed E-state index contributed by atoms with van der Waals surface area (Å²) in [4.78, 5) is 36.9. The molecule has 0 bridgehead atoms. The molecule has 0 spiro atoms. The Balaban J connectivity index is 5.52. The molecule has 0 aliphatic rings. The van der Waals surface area contributed by atoms with Crippen LogP contribution in [0, 0.1) is 17.8 Å². The van der Waals surface area contributed by atoms with Crippen LogP contribution in [-0.4, -0.2) is 36.7 Å². The molecule has 138 valence electrons. The third-order valence-electron chi connectivity index (χ3n) is 3.37. The molecule has 0 saturated heterocycles. The molecule has 0 unspecified atom stereocenters. The summed E-state index contributed by atoms with van der Waals surface area (Å²) in [6.45, 7) is 14.2. The van der Waals surface area contributed by atoms with Crippen molar-refractivity contribution >= 4 is 17.9 Å². The van der Waals surface area contributed by atoms with E-state index in [1.165, 1.54) is 0 Å². The first-order valence-electron chi connectivity index (χ1n) is 8.26. The van der Waals surface area contributed by atoms with Gasteiger partial charge in [0.1, 0.15) is 5.60 Å². The normalized spacial score (nSPS) is 13.8. The lowest BCUT2D eigenvalue weighted by Gasteiger charge is -2.29. The van der Waals surface area contributed by atoms with E-state index in [2.05, 4.69) is 6.58 Å². The highest BCUT2D eigenvalue weighted by Crippen LogP contribution is 2.29. The second kappa shape index (κ2) is 10.1. The minimum atomic E-state index is -1.18. The molecule has 0 amide bonds. The topological polar surface area (TPSA) is 78.9 Å². The van der Waals surface area contributed by atoms with Crippen molar-refractivity contribution in [1.82, 2.24) is 0 Å². The van der Waals surface area contributed by atoms with Crippen LogP contribution in [0.25, 0.3) is 0 Å². The third kappa shape index (κ3) is 7.15. The van der Waals surface area contributed by atoms with Gasteiger partial charge in [0.2, 0.25) is 0 Å². The molecule has 0 rings (SSSR count). The molecule has 0 radical (unpaired) electrons. The standard InChI is InChI=1S/C18H30O6/c1-8-11-13(15(19)24-18(5,6)7)12(4)14(16(20)22-9-2)17(21)23-10-3/h8,12-14H,1,9-11H2,2-7H3/t12-,13+/m1/s1. The number of ether oxygens (including phenoxy) is 3. The minimum Gasteiger partial charge on any atom is -0.465 e. The molecule has 0 fully saturated rings. The molecule has 0 N–H and O–H groups in total. The second-order valence-electron chi connectivity index (χ2n) is 6.51. The molecule has 0 aliphatic carbocycles. The van der Waals surface area contributed by atoms with E-state index in [-0.39, 0.29) is 19.6 Å². The zero-order chi connectivity index (χ0) is 18.9. The van der Waals surface area contributed by atoms with E-state index in [9.17, 15) is 14.4 Å². The molecule has 0 aliphatic heterocycles.